The van der Waals surface area contributed by atoms with Crippen molar-refractivity contribution in [3.05, 3.63) is 36.2 Å². The molecule has 7 heteroatoms. The zero-order chi connectivity index (χ0) is 15.2. The van der Waals surface area contributed by atoms with Gasteiger partial charge in [-0.05, 0) is 26.0 Å². The van der Waals surface area contributed by atoms with E-state index in [4.69, 9.17) is 9.84 Å². The van der Waals surface area contributed by atoms with Crippen LogP contribution in [0.3, 0.4) is 0 Å². The Hall–Kier alpha value is -2.02. The third-order valence-corrected chi connectivity index (χ3v) is 3.92. The molecule has 1 heterocycles. The molecule has 0 aliphatic carbocycles. The molecule has 0 amide bonds. The van der Waals surface area contributed by atoms with Crippen molar-refractivity contribution in [3.63, 3.8) is 0 Å². The van der Waals surface area contributed by atoms with Crippen molar-refractivity contribution in [1.82, 2.24) is 14.8 Å². The van der Waals surface area contributed by atoms with Crippen LogP contribution in [-0.2, 0) is 17.9 Å². The Morgan fingerprint density at radius 3 is 2.71 bits per heavy atom. The van der Waals surface area contributed by atoms with Gasteiger partial charge in [-0.15, -0.1) is 10.2 Å². The van der Waals surface area contributed by atoms with Gasteiger partial charge in [0, 0.05) is 6.54 Å². The number of para-hydroxylation sites is 1. The summed E-state index contributed by atoms with van der Waals surface area (Å²) in [6.45, 7) is 4.55. The summed E-state index contributed by atoms with van der Waals surface area (Å²) >= 11 is 1.18. The van der Waals surface area contributed by atoms with Crippen molar-refractivity contribution >= 4 is 17.7 Å². The first-order valence-corrected chi connectivity index (χ1v) is 7.49. The Morgan fingerprint density at radius 1 is 1.38 bits per heavy atom. The van der Waals surface area contributed by atoms with Crippen molar-refractivity contribution < 1.29 is 14.6 Å². The summed E-state index contributed by atoms with van der Waals surface area (Å²) < 4.78 is 7.52. The van der Waals surface area contributed by atoms with Crippen LogP contribution in [-0.4, -0.2) is 31.1 Å². The number of ether oxygens (including phenoxy) is 1. The van der Waals surface area contributed by atoms with E-state index < -0.39 is 11.2 Å². The lowest BCUT2D eigenvalue weighted by molar-refractivity contribution is -0.136. The molecule has 0 radical (unpaired) electrons. The first-order valence-electron chi connectivity index (χ1n) is 6.61. The summed E-state index contributed by atoms with van der Waals surface area (Å²) in [5.41, 5.74) is 0. The number of carbonyl (C=O) groups is 1. The van der Waals surface area contributed by atoms with E-state index in [2.05, 4.69) is 10.2 Å². The first-order chi connectivity index (χ1) is 10.1. The predicted molar refractivity (Wildman–Crippen MR) is 79.4 cm³/mol. The van der Waals surface area contributed by atoms with Gasteiger partial charge in [0.2, 0.25) is 0 Å². The van der Waals surface area contributed by atoms with Gasteiger partial charge in [-0.3, -0.25) is 4.79 Å². The van der Waals surface area contributed by atoms with Crippen LogP contribution >= 0.6 is 11.8 Å². The number of hydrogen-bond acceptors (Lipinski definition) is 5. The molecule has 0 aliphatic heterocycles. The molecule has 0 fully saturated rings. The third-order valence-electron chi connectivity index (χ3n) is 2.85. The summed E-state index contributed by atoms with van der Waals surface area (Å²) in [5.74, 6) is 0.574. The van der Waals surface area contributed by atoms with Gasteiger partial charge in [-0.25, -0.2) is 0 Å². The number of aromatic nitrogens is 3. The third kappa shape index (κ3) is 3.98. The van der Waals surface area contributed by atoms with Gasteiger partial charge in [0.15, 0.2) is 11.0 Å². The van der Waals surface area contributed by atoms with Crippen LogP contribution in [0.4, 0.5) is 0 Å². The van der Waals surface area contributed by atoms with Crippen LogP contribution in [0.1, 0.15) is 19.7 Å². The molecule has 0 saturated heterocycles. The normalized spacial score (nSPS) is 12.1. The maximum atomic E-state index is 10.9. The Morgan fingerprint density at radius 2 is 2.10 bits per heavy atom. The van der Waals surface area contributed by atoms with Crippen molar-refractivity contribution in [2.75, 3.05) is 0 Å². The molecular formula is C14H17N3O3S. The molecule has 0 aliphatic rings. The number of aliphatic carboxylic acids is 1. The number of rotatable bonds is 7. The Balaban J connectivity index is 2.07. The van der Waals surface area contributed by atoms with Crippen LogP contribution in [0.15, 0.2) is 35.5 Å². The second-order valence-electron chi connectivity index (χ2n) is 4.34. The van der Waals surface area contributed by atoms with Crippen LogP contribution in [0.5, 0.6) is 5.75 Å². The molecule has 1 atom stereocenters. The van der Waals surface area contributed by atoms with Crippen LogP contribution in [0, 0.1) is 0 Å². The number of carboxylic acids is 1. The number of thioether (sulfide) groups is 1. The van der Waals surface area contributed by atoms with E-state index in [1.54, 1.807) is 6.92 Å². The average molecular weight is 307 g/mol. The van der Waals surface area contributed by atoms with E-state index in [1.807, 2.05) is 41.8 Å². The van der Waals surface area contributed by atoms with E-state index in [1.165, 1.54) is 11.8 Å². The van der Waals surface area contributed by atoms with Gasteiger partial charge in [0.05, 0.1) is 0 Å². The van der Waals surface area contributed by atoms with Gasteiger partial charge in [-0.2, -0.15) is 0 Å². The minimum atomic E-state index is -0.868. The Bertz CT molecular complexity index is 601. The van der Waals surface area contributed by atoms with Crippen molar-refractivity contribution in [3.8, 4) is 5.75 Å². The predicted octanol–water partition coefficient (Wildman–Crippen LogP) is 2.44. The fraction of sp³-hybridized carbons (Fsp3) is 0.357. The minimum Gasteiger partial charge on any atom is -0.486 e. The zero-order valence-electron chi connectivity index (χ0n) is 11.9. The molecule has 0 spiro atoms. The molecule has 21 heavy (non-hydrogen) atoms. The van der Waals surface area contributed by atoms with Gasteiger partial charge < -0.3 is 14.4 Å². The first kappa shape index (κ1) is 15.4. The van der Waals surface area contributed by atoms with Gasteiger partial charge >= 0.3 is 5.97 Å². The molecule has 6 nitrogen and oxygen atoms in total. The number of hydrogen-bond donors (Lipinski definition) is 1. The minimum absolute atomic E-state index is 0.298. The highest BCUT2D eigenvalue weighted by molar-refractivity contribution is 8.00. The molecule has 2 rings (SSSR count). The molecule has 0 saturated carbocycles. The Labute approximate surface area is 127 Å². The maximum Gasteiger partial charge on any atom is 0.316 e. The van der Waals surface area contributed by atoms with E-state index >= 15 is 0 Å². The SMILES string of the molecule is CCn1c(COc2ccccc2)nnc1SC(C)C(=O)O. The zero-order valence-corrected chi connectivity index (χ0v) is 12.7. The average Bonchev–Trinajstić information content (AvgIpc) is 2.87. The second-order valence-corrected chi connectivity index (χ2v) is 5.65. The van der Waals surface area contributed by atoms with E-state index in [9.17, 15) is 4.79 Å². The lowest BCUT2D eigenvalue weighted by atomic mass is 10.3. The van der Waals surface area contributed by atoms with Crippen LogP contribution < -0.4 is 4.74 Å². The van der Waals surface area contributed by atoms with Gasteiger partial charge in [0.25, 0.3) is 0 Å². The van der Waals surface area contributed by atoms with Crippen LogP contribution in [0.2, 0.25) is 0 Å². The lowest BCUT2D eigenvalue weighted by Gasteiger charge is -2.10. The summed E-state index contributed by atoms with van der Waals surface area (Å²) in [7, 11) is 0. The molecular weight excluding hydrogens is 290 g/mol. The highest BCUT2D eigenvalue weighted by Crippen LogP contribution is 2.23. The standard InChI is InChI=1S/C14H17N3O3S/c1-3-17-12(9-20-11-7-5-4-6-8-11)15-16-14(17)21-10(2)13(18)19/h4-8,10H,3,9H2,1-2H3,(H,18,19). The highest BCUT2D eigenvalue weighted by atomic mass is 32.2. The van der Waals surface area contributed by atoms with Crippen molar-refractivity contribution in [2.45, 2.75) is 37.4 Å². The molecule has 112 valence electrons. The smallest absolute Gasteiger partial charge is 0.316 e. The summed E-state index contributed by atoms with van der Waals surface area (Å²) in [4.78, 5) is 10.9. The molecule has 1 N–H and O–H groups in total. The van der Waals surface area contributed by atoms with E-state index in [-0.39, 0.29) is 0 Å². The maximum absolute atomic E-state index is 10.9. The molecule has 2 aromatic rings. The summed E-state index contributed by atoms with van der Waals surface area (Å²) in [6, 6.07) is 9.46. The quantitative estimate of drug-likeness (QED) is 0.792. The monoisotopic (exact) mass is 307 g/mol. The Kier molecular flexibility index (Phi) is 5.21. The molecule has 0 bridgehead atoms. The topological polar surface area (TPSA) is 77.2 Å². The highest BCUT2D eigenvalue weighted by Gasteiger charge is 2.18. The largest absolute Gasteiger partial charge is 0.486 e. The second kappa shape index (κ2) is 7.12. The summed E-state index contributed by atoms with van der Waals surface area (Å²) in [5, 5.41) is 17.1. The van der Waals surface area contributed by atoms with Crippen molar-refractivity contribution in [2.24, 2.45) is 0 Å². The number of nitrogens with zero attached hydrogens (tertiary/aromatic N) is 3. The lowest BCUT2D eigenvalue weighted by Crippen LogP contribution is -2.13. The fourth-order valence-corrected chi connectivity index (χ4v) is 2.57. The van der Waals surface area contributed by atoms with E-state index in [0.29, 0.717) is 24.1 Å². The number of benzene rings is 1. The molecule has 1 unspecified atom stereocenters. The number of carboxylic acid groups (broad SMARTS) is 1. The molecule has 1 aromatic heterocycles. The van der Waals surface area contributed by atoms with Crippen molar-refractivity contribution in [1.29, 1.82) is 0 Å². The van der Waals surface area contributed by atoms with Crippen LogP contribution in [0.25, 0.3) is 0 Å². The summed E-state index contributed by atoms with van der Waals surface area (Å²) in [6.07, 6.45) is 0. The van der Waals surface area contributed by atoms with E-state index in [0.717, 1.165) is 5.75 Å². The van der Waals surface area contributed by atoms with Gasteiger partial charge in [0.1, 0.15) is 17.6 Å². The fourth-order valence-electron chi connectivity index (χ4n) is 1.70. The molecule has 1 aromatic carbocycles. The van der Waals surface area contributed by atoms with Gasteiger partial charge in [-0.1, -0.05) is 30.0 Å².